The van der Waals surface area contributed by atoms with Gasteiger partial charge in [0.2, 0.25) is 0 Å². The van der Waals surface area contributed by atoms with E-state index in [-0.39, 0.29) is 5.97 Å². The summed E-state index contributed by atoms with van der Waals surface area (Å²) in [6.45, 7) is 8.51. The topological polar surface area (TPSA) is 90.4 Å². The number of rotatable bonds is 6. The number of ether oxygens (including phenoxy) is 1. The molecule has 0 amide bonds. The van der Waals surface area contributed by atoms with Gasteiger partial charge in [0.05, 0.1) is 6.61 Å². The third-order valence-corrected chi connectivity index (χ3v) is 1.10. The number of carbonyl (C=O) groups excluding carboxylic acids is 1. The van der Waals surface area contributed by atoms with Gasteiger partial charge in [-0.2, -0.15) is 0 Å². The van der Waals surface area contributed by atoms with Crippen LogP contribution in [0.3, 0.4) is 0 Å². The van der Waals surface area contributed by atoms with Crippen LogP contribution in [0.15, 0.2) is 12.7 Å². The van der Waals surface area contributed by atoms with E-state index < -0.39 is 0 Å². The number of carbonyl (C=O) groups is 1. The van der Waals surface area contributed by atoms with Crippen molar-refractivity contribution in [3.05, 3.63) is 12.7 Å². The molecule has 0 aliphatic rings. The summed E-state index contributed by atoms with van der Waals surface area (Å²) in [4.78, 5) is 10.1. The Balaban J connectivity index is 0. The number of nitrogens with one attached hydrogen (secondary N) is 1. The highest BCUT2D eigenvalue weighted by Crippen LogP contribution is 1.74. The molecule has 0 rings (SSSR count). The van der Waals surface area contributed by atoms with Gasteiger partial charge in [0.15, 0.2) is 0 Å². The van der Waals surface area contributed by atoms with Crippen LogP contribution in [0.5, 0.6) is 0 Å². The molecular weight excluding hydrogens is 182 g/mol. The molecular formula is C9H21N3O2. The molecule has 0 heterocycles. The van der Waals surface area contributed by atoms with E-state index in [2.05, 4.69) is 16.6 Å². The van der Waals surface area contributed by atoms with Crippen molar-refractivity contribution in [2.45, 2.75) is 6.92 Å². The zero-order valence-corrected chi connectivity index (χ0v) is 8.79. The van der Waals surface area contributed by atoms with Crippen molar-refractivity contribution < 1.29 is 9.53 Å². The van der Waals surface area contributed by atoms with Crippen molar-refractivity contribution in [3.63, 3.8) is 0 Å². The predicted octanol–water partition coefficient (Wildman–Crippen LogP) is -0.771. The van der Waals surface area contributed by atoms with E-state index in [0.29, 0.717) is 19.7 Å². The fourth-order valence-electron chi connectivity index (χ4n) is 0.530. The Morgan fingerprint density at radius 2 is 1.93 bits per heavy atom. The third kappa shape index (κ3) is 17.3. The lowest BCUT2D eigenvalue weighted by Gasteiger charge is -1.95. The van der Waals surface area contributed by atoms with E-state index in [1.54, 1.807) is 6.92 Å². The minimum atomic E-state index is -0.359. The van der Waals surface area contributed by atoms with Gasteiger partial charge < -0.3 is 21.5 Å². The average Bonchev–Trinajstić information content (AvgIpc) is 2.20. The van der Waals surface area contributed by atoms with E-state index in [1.807, 2.05) is 0 Å². The van der Waals surface area contributed by atoms with Gasteiger partial charge in [-0.15, -0.1) is 0 Å². The fourth-order valence-corrected chi connectivity index (χ4v) is 0.530. The molecule has 0 aromatic rings. The van der Waals surface area contributed by atoms with Crippen LogP contribution < -0.4 is 16.8 Å². The van der Waals surface area contributed by atoms with Gasteiger partial charge in [-0.1, -0.05) is 6.58 Å². The summed E-state index contributed by atoms with van der Waals surface area (Å²) in [5.74, 6) is -0.359. The van der Waals surface area contributed by atoms with Gasteiger partial charge in [-0.3, -0.25) is 0 Å². The van der Waals surface area contributed by atoms with Crippen LogP contribution in [0.25, 0.3) is 0 Å². The van der Waals surface area contributed by atoms with Crippen LogP contribution >= 0.6 is 0 Å². The van der Waals surface area contributed by atoms with Crippen molar-refractivity contribution in [2.24, 2.45) is 11.5 Å². The molecule has 0 fully saturated rings. The number of nitrogens with two attached hydrogens (primary N) is 2. The van der Waals surface area contributed by atoms with Crippen molar-refractivity contribution >= 4 is 5.97 Å². The first-order valence-corrected chi connectivity index (χ1v) is 4.62. The highest BCUT2D eigenvalue weighted by Gasteiger charge is 1.86. The summed E-state index contributed by atoms with van der Waals surface area (Å²) in [5, 5.41) is 3.03. The van der Waals surface area contributed by atoms with Gasteiger partial charge in [-0.25, -0.2) is 4.79 Å². The molecule has 5 nitrogen and oxygen atoms in total. The summed E-state index contributed by atoms with van der Waals surface area (Å²) < 4.78 is 4.43. The van der Waals surface area contributed by atoms with Gasteiger partial charge in [0, 0.05) is 32.3 Å². The minimum absolute atomic E-state index is 0.359. The number of hydrogen-bond donors (Lipinski definition) is 3. The molecule has 0 spiro atoms. The Hall–Kier alpha value is -0.910. The Kier molecular flexibility index (Phi) is 16.2. The summed E-state index contributed by atoms with van der Waals surface area (Å²) in [7, 11) is 0. The molecule has 0 atom stereocenters. The predicted molar refractivity (Wildman–Crippen MR) is 57.8 cm³/mol. The largest absolute Gasteiger partial charge is 0.463 e. The molecule has 5 N–H and O–H groups in total. The first-order chi connectivity index (χ1) is 6.72. The lowest BCUT2D eigenvalue weighted by atomic mass is 10.6. The Morgan fingerprint density at radius 1 is 1.43 bits per heavy atom. The Bertz CT molecular complexity index is 136. The highest BCUT2D eigenvalue weighted by atomic mass is 16.5. The third-order valence-electron chi connectivity index (χ3n) is 1.10. The Labute approximate surface area is 85.5 Å². The molecule has 0 radical (unpaired) electrons. The van der Waals surface area contributed by atoms with E-state index in [1.165, 1.54) is 0 Å². The first kappa shape index (κ1) is 15.6. The van der Waals surface area contributed by atoms with Crippen LogP contribution in [0.4, 0.5) is 0 Å². The zero-order valence-electron chi connectivity index (χ0n) is 8.79. The molecule has 0 saturated heterocycles. The second-order valence-electron chi connectivity index (χ2n) is 2.28. The second-order valence-corrected chi connectivity index (χ2v) is 2.28. The highest BCUT2D eigenvalue weighted by molar-refractivity contribution is 5.81. The lowest BCUT2D eigenvalue weighted by Crippen LogP contribution is -2.27. The molecule has 0 aromatic heterocycles. The quantitative estimate of drug-likeness (QED) is 0.299. The van der Waals surface area contributed by atoms with E-state index in [0.717, 1.165) is 19.2 Å². The van der Waals surface area contributed by atoms with Crippen molar-refractivity contribution in [1.82, 2.24) is 5.32 Å². The monoisotopic (exact) mass is 203 g/mol. The molecule has 5 heteroatoms. The molecule has 84 valence electrons. The minimum Gasteiger partial charge on any atom is -0.463 e. The normalized spacial score (nSPS) is 8.50. The maximum Gasteiger partial charge on any atom is 0.330 e. The molecule has 0 aliphatic carbocycles. The van der Waals surface area contributed by atoms with E-state index >= 15 is 0 Å². The van der Waals surface area contributed by atoms with Gasteiger partial charge in [-0.05, 0) is 6.92 Å². The number of hydrogen-bond acceptors (Lipinski definition) is 5. The standard InChI is InChI=1S/C5H8O2.C4H13N3/c1-3-5(6)7-4-2;5-1-3-7-4-2-6/h3H,1,4H2,2H3;7H,1-6H2. The van der Waals surface area contributed by atoms with E-state index in [9.17, 15) is 4.79 Å². The maximum absolute atomic E-state index is 10.1. The SMILES string of the molecule is C=CC(=O)OCC.NCCNCCN. The molecule has 0 aliphatic heterocycles. The van der Waals surface area contributed by atoms with Gasteiger partial charge in [0.25, 0.3) is 0 Å². The molecule has 0 unspecified atom stereocenters. The van der Waals surface area contributed by atoms with Crippen molar-refractivity contribution in [3.8, 4) is 0 Å². The van der Waals surface area contributed by atoms with Crippen molar-refractivity contribution in [1.29, 1.82) is 0 Å². The smallest absolute Gasteiger partial charge is 0.330 e. The molecule has 0 saturated carbocycles. The Morgan fingerprint density at radius 3 is 2.14 bits per heavy atom. The van der Waals surface area contributed by atoms with Gasteiger partial charge in [0.1, 0.15) is 0 Å². The van der Waals surface area contributed by atoms with Crippen molar-refractivity contribution in [2.75, 3.05) is 32.8 Å². The van der Waals surface area contributed by atoms with Crippen LogP contribution in [-0.2, 0) is 9.53 Å². The summed E-state index contributed by atoms with van der Waals surface area (Å²) >= 11 is 0. The fraction of sp³-hybridized carbons (Fsp3) is 0.667. The van der Waals surface area contributed by atoms with Crippen LogP contribution in [-0.4, -0.2) is 38.8 Å². The summed E-state index contributed by atoms with van der Waals surface area (Å²) in [6.07, 6.45) is 1.14. The van der Waals surface area contributed by atoms with Gasteiger partial charge >= 0.3 is 5.97 Å². The number of esters is 1. The lowest BCUT2D eigenvalue weighted by molar-refractivity contribution is -0.137. The zero-order chi connectivity index (χ0) is 11.2. The maximum atomic E-state index is 10.1. The van der Waals surface area contributed by atoms with Crippen LogP contribution in [0.1, 0.15) is 6.92 Å². The summed E-state index contributed by atoms with van der Waals surface area (Å²) in [5.41, 5.74) is 10.3. The second kappa shape index (κ2) is 14.6. The van der Waals surface area contributed by atoms with Crippen LogP contribution in [0.2, 0.25) is 0 Å². The molecule has 0 bridgehead atoms. The summed E-state index contributed by atoms with van der Waals surface area (Å²) in [6, 6.07) is 0. The van der Waals surface area contributed by atoms with E-state index in [4.69, 9.17) is 11.5 Å². The molecule has 0 aromatic carbocycles. The first-order valence-electron chi connectivity index (χ1n) is 4.62. The average molecular weight is 203 g/mol. The van der Waals surface area contributed by atoms with Crippen LogP contribution in [0, 0.1) is 0 Å². The molecule has 14 heavy (non-hydrogen) atoms.